The second kappa shape index (κ2) is 9.89. The average Bonchev–Trinajstić information content (AvgIpc) is 3.11. The molecule has 1 saturated heterocycles. The maximum absolute atomic E-state index is 5.71. The van der Waals surface area contributed by atoms with Gasteiger partial charge in [-0.1, -0.05) is 34.5 Å². The van der Waals surface area contributed by atoms with Crippen LogP contribution in [-0.4, -0.2) is 64.5 Å². The second-order valence-corrected chi connectivity index (χ2v) is 8.63. The van der Waals surface area contributed by atoms with E-state index in [1.54, 1.807) is 7.11 Å². The molecule has 1 aliphatic carbocycles. The molecule has 2 aliphatic rings. The number of hydrogen-bond donors (Lipinski definition) is 1. The number of nitrogens with one attached hydrogen (secondary N) is 1. The lowest BCUT2D eigenvalue weighted by atomic mass is 9.64. The quantitative estimate of drug-likeness (QED) is 0.384. The van der Waals surface area contributed by atoms with Crippen molar-refractivity contribution in [2.75, 3.05) is 53.6 Å². The summed E-state index contributed by atoms with van der Waals surface area (Å²) in [6, 6.07) is 8.82. The van der Waals surface area contributed by atoms with Crippen molar-refractivity contribution in [3.05, 3.63) is 34.3 Å². The summed E-state index contributed by atoms with van der Waals surface area (Å²) >= 11 is 3.54. The number of halogens is 1. The lowest BCUT2D eigenvalue weighted by Crippen LogP contribution is -2.49. The van der Waals surface area contributed by atoms with Gasteiger partial charge in [0.25, 0.3) is 0 Å². The van der Waals surface area contributed by atoms with Crippen LogP contribution >= 0.6 is 15.9 Å². The molecule has 3 rings (SSSR count). The number of aliphatic imine (C=N–C) groups is 1. The van der Waals surface area contributed by atoms with Crippen molar-refractivity contribution in [3.8, 4) is 0 Å². The van der Waals surface area contributed by atoms with E-state index in [2.05, 4.69) is 55.4 Å². The summed E-state index contributed by atoms with van der Waals surface area (Å²) in [5, 5.41) is 3.67. The van der Waals surface area contributed by atoms with Gasteiger partial charge in [-0.2, -0.15) is 0 Å². The van der Waals surface area contributed by atoms with Gasteiger partial charge < -0.3 is 19.7 Å². The first-order valence-electron chi connectivity index (χ1n) is 9.95. The monoisotopic (exact) mass is 437 g/mol. The standard InChI is InChI=1S/C21H32BrN3O2/c1-23-20(25-11-8-17(14-25)15-27-13-12-26-2)24-16-21(9-3-10-21)18-4-6-19(22)7-5-18/h4-7,17H,3,8-16H2,1-2H3,(H,23,24). The molecule has 150 valence electrons. The first kappa shape index (κ1) is 20.6. The minimum Gasteiger partial charge on any atom is -0.382 e. The van der Waals surface area contributed by atoms with E-state index in [0.717, 1.165) is 43.1 Å². The Hall–Kier alpha value is -1.11. The molecule has 1 aromatic carbocycles. The molecule has 0 bridgehead atoms. The van der Waals surface area contributed by atoms with E-state index in [9.17, 15) is 0 Å². The Labute approximate surface area is 171 Å². The fraction of sp³-hybridized carbons (Fsp3) is 0.667. The van der Waals surface area contributed by atoms with Crippen LogP contribution in [0.5, 0.6) is 0 Å². The molecule has 0 amide bonds. The number of methoxy groups -OCH3 is 1. The SMILES string of the molecule is CN=C(NCC1(c2ccc(Br)cc2)CCC1)N1CCC(COCCOC)C1. The molecule has 1 unspecified atom stereocenters. The van der Waals surface area contributed by atoms with Crippen molar-refractivity contribution in [3.63, 3.8) is 0 Å². The van der Waals surface area contributed by atoms with Crippen LogP contribution in [0.1, 0.15) is 31.2 Å². The van der Waals surface area contributed by atoms with Gasteiger partial charge in [0.05, 0.1) is 19.8 Å². The zero-order valence-electron chi connectivity index (χ0n) is 16.5. The Morgan fingerprint density at radius 2 is 2.07 bits per heavy atom. The number of benzene rings is 1. The van der Waals surface area contributed by atoms with Crippen LogP contribution in [0.4, 0.5) is 0 Å². The third-order valence-corrected chi connectivity index (χ3v) is 6.46. The predicted octanol–water partition coefficient (Wildman–Crippen LogP) is 3.43. The van der Waals surface area contributed by atoms with Gasteiger partial charge in [-0.15, -0.1) is 0 Å². The maximum atomic E-state index is 5.71. The van der Waals surface area contributed by atoms with E-state index in [0.29, 0.717) is 19.1 Å². The molecule has 1 N–H and O–H groups in total. The molecule has 1 atom stereocenters. The third kappa shape index (κ3) is 5.24. The van der Waals surface area contributed by atoms with Crippen LogP contribution in [0.15, 0.2) is 33.7 Å². The molecule has 1 aliphatic heterocycles. The molecule has 0 radical (unpaired) electrons. The first-order valence-corrected chi connectivity index (χ1v) is 10.7. The van der Waals surface area contributed by atoms with Crippen LogP contribution in [0, 0.1) is 5.92 Å². The number of rotatable bonds is 8. The highest BCUT2D eigenvalue weighted by Gasteiger charge is 2.39. The zero-order chi connectivity index (χ0) is 19.1. The fourth-order valence-electron chi connectivity index (χ4n) is 4.11. The summed E-state index contributed by atoms with van der Waals surface area (Å²) in [5.74, 6) is 1.60. The van der Waals surface area contributed by atoms with Gasteiger partial charge >= 0.3 is 0 Å². The second-order valence-electron chi connectivity index (χ2n) is 7.71. The minimum atomic E-state index is 0.249. The van der Waals surface area contributed by atoms with Crippen molar-refractivity contribution >= 4 is 21.9 Å². The van der Waals surface area contributed by atoms with E-state index >= 15 is 0 Å². The van der Waals surface area contributed by atoms with Gasteiger partial charge in [-0.3, -0.25) is 4.99 Å². The number of likely N-dealkylation sites (tertiary alicyclic amines) is 1. The van der Waals surface area contributed by atoms with Crippen molar-refractivity contribution in [1.29, 1.82) is 0 Å². The van der Waals surface area contributed by atoms with Gasteiger partial charge in [0.15, 0.2) is 5.96 Å². The first-order chi connectivity index (χ1) is 13.2. The number of nitrogens with zero attached hydrogens (tertiary/aromatic N) is 2. The fourth-order valence-corrected chi connectivity index (χ4v) is 4.37. The normalized spacial score (nSPS) is 22.0. The van der Waals surface area contributed by atoms with E-state index in [-0.39, 0.29) is 5.41 Å². The molecule has 0 aromatic heterocycles. The predicted molar refractivity (Wildman–Crippen MR) is 113 cm³/mol. The van der Waals surface area contributed by atoms with Crippen molar-refractivity contribution in [1.82, 2.24) is 10.2 Å². The third-order valence-electron chi connectivity index (χ3n) is 5.93. The highest BCUT2D eigenvalue weighted by atomic mass is 79.9. The molecular formula is C21H32BrN3O2. The van der Waals surface area contributed by atoms with Crippen molar-refractivity contribution < 1.29 is 9.47 Å². The molecule has 6 heteroatoms. The van der Waals surface area contributed by atoms with Gasteiger partial charge in [0, 0.05) is 49.6 Å². The minimum absolute atomic E-state index is 0.249. The zero-order valence-corrected chi connectivity index (χ0v) is 18.1. The van der Waals surface area contributed by atoms with Crippen LogP contribution in [-0.2, 0) is 14.9 Å². The summed E-state index contributed by atoms with van der Waals surface area (Å²) in [5.41, 5.74) is 1.68. The van der Waals surface area contributed by atoms with Gasteiger partial charge in [-0.05, 0) is 37.0 Å². The Morgan fingerprint density at radius 3 is 2.70 bits per heavy atom. The Morgan fingerprint density at radius 1 is 1.30 bits per heavy atom. The van der Waals surface area contributed by atoms with Gasteiger partial charge in [0.1, 0.15) is 0 Å². The lowest BCUT2D eigenvalue weighted by Gasteiger charge is -2.43. The number of hydrogen-bond acceptors (Lipinski definition) is 3. The molecule has 1 saturated carbocycles. The maximum Gasteiger partial charge on any atom is 0.193 e. The van der Waals surface area contributed by atoms with Crippen LogP contribution in [0.3, 0.4) is 0 Å². The van der Waals surface area contributed by atoms with E-state index in [4.69, 9.17) is 9.47 Å². The molecule has 27 heavy (non-hydrogen) atoms. The van der Waals surface area contributed by atoms with Gasteiger partial charge in [0.2, 0.25) is 0 Å². The Kier molecular flexibility index (Phi) is 7.56. The largest absolute Gasteiger partial charge is 0.382 e. The van der Waals surface area contributed by atoms with Crippen LogP contribution < -0.4 is 5.32 Å². The van der Waals surface area contributed by atoms with Crippen molar-refractivity contribution in [2.45, 2.75) is 31.1 Å². The lowest BCUT2D eigenvalue weighted by molar-refractivity contribution is 0.0536. The summed E-state index contributed by atoms with van der Waals surface area (Å²) in [6.07, 6.45) is 4.95. The van der Waals surface area contributed by atoms with E-state index in [1.807, 2.05) is 7.05 Å². The topological polar surface area (TPSA) is 46.1 Å². The summed E-state index contributed by atoms with van der Waals surface area (Å²) in [6.45, 7) is 5.15. The number of guanidine groups is 1. The summed E-state index contributed by atoms with van der Waals surface area (Å²) in [4.78, 5) is 6.92. The van der Waals surface area contributed by atoms with E-state index < -0.39 is 0 Å². The summed E-state index contributed by atoms with van der Waals surface area (Å²) < 4.78 is 11.9. The molecule has 5 nitrogen and oxygen atoms in total. The molecule has 2 fully saturated rings. The molecule has 1 aromatic rings. The highest BCUT2D eigenvalue weighted by Crippen LogP contribution is 2.43. The van der Waals surface area contributed by atoms with Gasteiger partial charge in [-0.25, -0.2) is 0 Å². The number of ether oxygens (including phenoxy) is 2. The van der Waals surface area contributed by atoms with Crippen LogP contribution in [0.2, 0.25) is 0 Å². The van der Waals surface area contributed by atoms with E-state index in [1.165, 1.54) is 24.8 Å². The highest BCUT2D eigenvalue weighted by molar-refractivity contribution is 9.10. The average molecular weight is 438 g/mol. The Bertz CT molecular complexity index is 616. The van der Waals surface area contributed by atoms with Crippen molar-refractivity contribution in [2.24, 2.45) is 10.9 Å². The van der Waals surface area contributed by atoms with Crippen LogP contribution in [0.25, 0.3) is 0 Å². The molecule has 0 spiro atoms. The molecule has 1 heterocycles. The summed E-state index contributed by atoms with van der Waals surface area (Å²) in [7, 11) is 3.59. The Balaban J connectivity index is 1.51. The molecular weight excluding hydrogens is 406 g/mol. The smallest absolute Gasteiger partial charge is 0.193 e.